The molecule has 212 valence electrons. The zero-order valence-electron chi connectivity index (χ0n) is 23.6. The van der Waals surface area contributed by atoms with Crippen LogP contribution in [0.2, 0.25) is 0 Å². The van der Waals surface area contributed by atoms with E-state index in [1.54, 1.807) is 6.08 Å². The molecule has 9 heteroatoms. The van der Waals surface area contributed by atoms with E-state index in [1.165, 1.54) is 26.8 Å². The van der Waals surface area contributed by atoms with Gasteiger partial charge in [-0.05, 0) is 51.2 Å². The van der Waals surface area contributed by atoms with Crippen LogP contribution in [-0.2, 0) is 42.9 Å². The van der Waals surface area contributed by atoms with E-state index in [1.807, 2.05) is 58.0 Å². The molecule has 1 heterocycles. The van der Waals surface area contributed by atoms with E-state index in [2.05, 4.69) is 0 Å². The first-order valence-electron chi connectivity index (χ1n) is 13.4. The van der Waals surface area contributed by atoms with Gasteiger partial charge in [-0.1, -0.05) is 37.3 Å². The monoisotopic (exact) mass is 542 g/mol. The first-order chi connectivity index (χ1) is 18.2. The maximum Gasteiger partial charge on any atom is 0.331 e. The Hall–Kier alpha value is -3.20. The van der Waals surface area contributed by atoms with Crippen LogP contribution < -0.4 is 0 Å². The van der Waals surface area contributed by atoms with Crippen molar-refractivity contribution < 1.29 is 42.9 Å². The van der Waals surface area contributed by atoms with Gasteiger partial charge in [0.2, 0.25) is 0 Å². The number of ether oxygens (including phenoxy) is 5. The number of rotatable bonds is 6. The van der Waals surface area contributed by atoms with E-state index in [9.17, 15) is 19.2 Å². The third-order valence-corrected chi connectivity index (χ3v) is 8.74. The highest BCUT2D eigenvalue weighted by Gasteiger charge is 2.78. The minimum atomic E-state index is -1.24. The molecular weight excluding hydrogens is 504 g/mol. The van der Waals surface area contributed by atoms with Crippen LogP contribution in [0, 0.1) is 17.3 Å². The zero-order valence-corrected chi connectivity index (χ0v) is 23.6. The highest BCUT2D eigenvalue weighted by molar-refractivity contribution is 5.87. The number of esters is 4. The fourth-order valence-corrected chi connectivity index (χ4v) is 7.20. The van der Waals surface area contributed by atoms with Gasteiger partial charge in [0.05, 0.1) is 16.6 Å². The first kappa shape index (κ1) is 28.8. The lowest BCUT2D eigenvalue weighted by atomic mass is 9.49. The summed E-state index contributed by atoms with van der Waals surface area (Å²) in [5.74, 6) is -2.79. The summed E-state index contributed by atoms with van der Waals surface area (Å²) in [6.07, 6.45) is -0.00705. The van der Waals surface area contributed by atoms with E-state index in [0.717, 1.165) is 5.56 Å². The quantitative estimate of drug-likeness (QED) is 0.299. The summed E-state index contributed by atoms with van der Waals surface area (Å²) in [5, 5.41) is 0. The molecule has 2 bridgehead atoms. The van der Waals surface area contributed by atoms with Gasteiger partial charge in [-0.3, -0.25) is 14.4 Å². The zero-order chi connectivity index (χ0) is 28.8. The van der Waals surface area contributed by atoms with Gasteiger partial charge in [0.25, 0.3) is 0 Å². The van der Waals surface area contributed by atoms with Crippen molar-refractivity contribution in [2.24, 2.45) is 17.3 Å². The Morgan fingerprint density at radius 3 is 2.08 bits per heavy atom. The van der Waals surface area contributed by atoms with Gasteiger partial charge in [-0.2, -0.15) is 0 Å². The molecule has 0 radical (unpaired) electrons. The first-order valence-corrected chi connectivity index (χ1v) is 13.4. The SMILES string of the molecule is CC(=O)OC1CC(C)C23CC(C(OC(C)=O)C(OC(=O)C=Cc4ccccc4)C2(C)C1OC(C)=O)C(C)(C)O3. The Bertz CT molecular complexity index is 1160. The van der Waals surface area contributed by atoms with Crippen LogP contribution in [0.25, 0.3) is 6.08 Å². The molecular formula is C30H38O9. The summed E-state index contributed by atoms with van der Waals surface area (Å²) in [4.78, 5) is 50.2. The molecule has 1 spiro atoms. The Morgan fingerprint density at radius 2 is 1.49 bits per heavy atom. The van der Waals surface area contributed by atoms with E-state index < -0.39 is 64.9 Å². The average molecular weight is 543 g/mol. The van der Waals surface area contributed by atoms with Crippen molar-refractivity contribution in [3.63, 3.8) is 0 Å². The molecule has 8 unspecified atom stereocenters. The molecule has 1 aliphatic heterocycles. The maximum atomic E-state index is 13.3. The fourth-order valence-electron chi connectivity index (χ4n) is 7.20. The van der Waals surface area contributed by atoms with E-state index in [0.29, 0.717) is 12.8 Å². The summed E-state index contributed by atoms with van der Waals surface area (Å²) < 4.78 is 30.5. The van der Waals surface area contributed by atoms with Gasteiger partial charge in [0.1, 0.15) is 12.2 Å². The van der Waals surface area contributed by atoms with Crippen LogP contribution in [0.3, 0.4) is 0 Å². The summed E-state index contributed by atoms with van der Waals surface area (Å²) in [5.41, 5.74) is -2.12. The van der Waals surface area contributed by atoms with Crippen molar-refractivity contribution >= 4 is 30.0 Å². The van der Waals surface area contributed by atoms with Crippen molar-refractivity contribution in [2.75, 3.05) is 0 Å². The second-order valence-electron chi connectivity index (χ2n) is 11.7. The van der Waals surface area contributed by atoms with Crippen molar-refractivity contribution in [2.45, 2.75) is 96.9 Å². The van der Waals surface area contributed by atoms with Crippen LogP contribution in [0.4, 0.5) is 0 Å². The molecule has 1 saturated heterocycles. The molecule has 3 fully saturated rings. The van der Waals surface area contributed by atoms with Crippen molar-refractivity contribution in [3.8, 4) is 0 Å². The molecule has 1 aromatic rings. The number of hydrogen-bond donors (Lipinski definition) is 0. The molecule has 0 N–H and O–H groups in total. The highest BCUT2D eigenvalue weighted by Crippen LogP contribution is 2.67. The number of carbonyl (C=O) groups excluding carboxylic acids is 4. The minimum Gasteiger partial charge on any atom is -0.459 e. The van der Waals surface area contributed by atoms with Gasteiger partial charge >= 0.3 is 23.9 Å². The summed E-state index contributed by atoms with van der Waals surface area (Å²) in [6.45, 7) is 11.5. The smallest absolute Gasteiger partial charge is 0.331 e. The van der Waals surface area contributed by atoms with Gasteiger partial charge in [-0.15, -0.1) is 0 Å². The fraction of sp³-hybridized carbons (Fsp3) is 0.600. The normalized spacial score (nSPS) is 36.5. The summed E-state index contributed by atoms with van der Waals surface area (Å²) >= 11 is 0. The third-order valence-electron chi connectivity index (χ3n) is 8.74. The van der Waals surface area contributed by atoms with Crippen LogP contribution in [0.1, 0.15) is 66.9 Å². The Labute approximate surface area is 229 Å². The summed E-state index contributed by atoms with van der Waals surface area (Å²) in [7, 11) is 0. The number of benzene rings is 1. The van der Waals surface area contributed by atoms with E-state index >= 15 is 0 Å². The Kier molecular flexibility index (Phi) is 7.69. The van der Waals surface area contributed by atoms with Crippen LogP contribution >= 0.6 is 0 Å². The number of hydrogen-bond acceptors (Lipinski definition) is 9. The molecule has 9 nitrogen and oxygen atoms in total. The molecule has 39 heavy (non-hydrogen) atoms. The lowest BCUT2D eigenvalue weighted by Gasteiger charge is -2.62. The second-order valence-corrected chi connectivity index (χ2v) is 11.7. The summed E-state index contributed by atoms with van der Waals surface area (Å²) in [6, 6.07) is 9.28. The lowest BCUT2D eigenvalue weighted by Crippen LogP contribution is -2.74. The number of carbonyl (C=O) groups is 4. The number of fused-ring (bicyclic) bond motifs is 1. The van der Waals surface area contributed by atoms with Gasteiger partial charge in [0, 0.05) is 32.8 Å². The average Bonchev–Trinajstić information content (AvgIpc) is 3.11. The molecule has 0 aromatic heterocycles. The van der Waals surface area contributed by atoms with E-state index in [4.69, 9.17) is 23.7 Å². The second kappa shape index (κ2) is 10.4. The lowest BCUT2D eigenvalue weighted by molar-refractivity contribution is -0.294. The van der Waals surface area contributed by atoms with Crippen molar-refractivity contribution in [3.05, 3.63) is 42.0 Å². The Balaban J connectivity index is 1.85. The molecule has 3 aliphatic rings. The molecule has 4 rings (SSSR count). The molecule has 2 aliphatic carbocycles. The largest absolute Gasteiger partial charge is 0.459 e. The molecule has 8 atom stereocenters. The van der Waals surface area contributed by atoms with E-state index in [-0.39, 0.29) is 11.8 Å². The van der Waals surface area contributed by atoms with Crippen molar-refractivity contribution in [1.29, 1.82) is 0 Å². The highest BCUT2D eigenvalue weighted by atomic mass is 16.6. The van der Waals surface area contributed by atoms with Crippen molar-refractivity contribution in [1.82, 2.24) is 0 Å². The van der Waals surface area contributed by atoms with Crippen LogP contribution in [-0.4, -0.2) is 59.5 Å². The predicted octanol–water partition coefficient (Wildman–Crippen LogP) is 4.02. The van der Waals surface area contributed by atoms with Gasteiger partial charge < -0.3 is 23.7 Å². The van der Waals surface area contributed by atoms with Crippen LogP contribution in [0.5, 0.6) is 0 Å². The van der Waals surface area contributed by atoms with Crippen LogP contribution in [0.15, 0.2) is 36.4 Å². The van der Waals surface area contributed by atoms with Gasteiger partial charge in [-0.25, -0.2) is 4.79 Å². The molecule has 2 saturated carbocycles. The van der Waals surface area contributed by atoms with Gasteiger partial charge in [0.15, 0.2) is 12.2 Å². The third kappa shape index (κ3) is 5.09. The molecule has 0 amide bonds. The maximum absolute atomic E-state index is 13.3. The Morgan fingerprint density at radius 1 is 0.872 bits per heavy atom. The standard InChI is InChI=1S/C30H38O9/c1-17-15-23(35-18(2)31)26(37-20(4)33)29(7)27(38-24(34)14-13-21-11-9-8-10-12-21)25(36-19(3)32)22-16-30(17,29)39-28(22,5)6/h8-14,17,22-23,25-27H,15-16H2,1-7H3. The molecule has 1 aromatic carbocycles. The predicted molar refractivity (Wildman–Crippen MR) is 140 cm³/mol. The minimum absolute atomic E-state index is 0.178. The topological polar surface area (TPSA) is 114 Å².